The van der Waals surface area contributed by atoms with Gasteiger partial charge in [-0.25, -0.2) is 0 Å². The highest BCUT2D eigenvalue weighted by atomic mass is 16.1. The minimum atomic E-state index is 0.309. The molecular weight excluding hydrogens is 282 g/mol. The van der Waals surface area contributed by atoms with Crippen LogP contribution in [0.5, 0.6) is 0 Å². The van der Waals surface area contributed by atoms with Crippen molar-refractivity contribution in [1.82, 2.24) is 4.90 Å². The van der Waals surface area contributed by atoms with Crippen LogP contribution in [0, 0.1) is 0 Å². The molecule has 1 rings (SSSR count). The van der Waals surface area contributed by atoms with Crippen LogP contribution in [0.1, 0.15) is 82.8 Å². The van der Waals surface area contributed by atoms with Crippen molar-refractivity contribution < 1.29 is 4.79 Å². The summed E-state index contributed by atoms with van der Waals surface area (Å²) in [6, 6.07) is 9.20. The van der Waals surface area contributed by atoms with Crippen molar-refractivity contribution in [3.05, 3.63) is 35.4 Å². The van der Waals surface area contributed by atoms with Gasteiger partial charge in [0.2, 0.25) is 0 Å². The molecule has 0 bridgehead atoms. The van der Waals surface area contributed by atoms with Crippen LogP contribution in [0.25, 0.3) is 0 Å². The number of hydrogen-bond acceptors (Lipinski definition) is 2. The van der Waals surface area contributed by atoms with E-state index in [1.807, 2.05) is 0 Å². The van der Waals surface area contributed by atoms with E-state index < -0.39 is 0 Å². The molecule has 1 atom stereocenters. The van der Waals surface area contributed by atoms with Gasteiger partial charge in [0.1, 0.15) is 5.78 Å². The predicted molar refractivity (Wildman–Crippen MR) is 100 cm³/mol. The van der Waals surface area contributed by atoms with E-state index in [4.69, 9.17) is 0 Å². The fourth-order valence-electron chi connectivity index (χ4n) is 3.00. The summed E-state index contributed by atoms with van der Waals surface area (Å²) in [5.41, 5.74) is 2.90. The number of carbonyl (C=O) groups excluding carboxylic acids is 1. The molecule has 0 N–H and O–H groups in total. The average molecular weight is 318 g/mol. The van der Waals surface area contributed by atoms with Crippen LogP contribution in [-0.4, -0.2) is 30.8 Å². The van der Waals surface area contributed by atoms with Crippen LogP contribution in [-0.2, 0) is 4.79 Å². The van der Waals surface area contributed by atoms with Crippen LogP contribution in [0.4, 0.5) is 0 Å². The lowest BCUT2D eigenvalue weighted by molar-refractivity contribution is -0.117. The van der Waals surface area contributed by atoms with Gasteiger partial charge in [-0.3, -0.25) is 0 Å². The minimum Gasteiger partial charge on any atom is -0.306 e. The van der Waals surface area contributed by atoms with Crippen LogP contribution in [0.15, 0.2) is 24.3 Å². The first-order valence-electron chi connectivity index (χ1n) is 9.21. The maximum atomic E-state index is 11.0. The number of rotatable bonds is 11. The van der Waals surface area contributed by atoms with Crippen molar-refractivity contribution in [2.24, 2.45) is 0 Å². The maximum Gasteiger partial charge on any atom is 0.129 e. The Balaban J connectivity index is 2.39. The highest BCUT2D eigenvalue weighted by molar-refractivity contribution is 5.75. The molecule has 1 aromatic rings. The van der Waals surface area contributed by atoms with Crippen LogP contribution >= 0.6 is 0 Å². The van der Waals surface area contributed by atoms with E-state index in [-0.39, 0.29) is 0 Å². The Bertz CT molecular complexity index is 449. The zero-order valence-electron chi connectivity index (χ0n) is 15.8. The maximum absolute atomic E-state index is 11.0. The number of nitrogens with zero attached hydrogens (tertiary/aromatic N) is 1. The van der Waals surface area contributed by atoms with Crippen molar-refractivity contribution in [3.63, 3.8) is 0 Å². The normalized spacial score (nSPS) is 12.8. The number of benzene rings is 1. The zero-order chi connectivity index (χ0) is 17.2. The summed E-state index contributed by atoms with van der Waals surface area (Å²) in [6.45, 7) is 10.7. The van der Waals surface area contributed by atoms with Gasteiger partial charge in [-0.1, -0.05) is 45.0 Å². The molecule has 130 valence electrons. The number of carbonyl (C=O) groups is 1. The molecule has 0 spiro atoms. The first-order chi connectivity index (χ1) is 10.9. The van der Waals surface area contributed by atoms with Gasteiger partial charge in [0.15, 0.2) is 0 Å². The van der Waals surface area contributed by atoms with Crippen molar-refractivity contribution in [1.29, 1.82) is 0 Å². The second-order valence-electron chi connectivity index (χ2n) is 7.18. The lowest BCUT2D eigenvalue weighted by Crippen LogP contribution is -2.22. The van der Waals surface area contributed by atoms with Gasteiger partial charge in [-0.05, 0) is 75.7 Å². The van der Waals surface area contributed by atoms with Gasteiger partial charge in [0.25, 0.3) is 0 Å². The fourth-order valence-corrected chi connectivity index (χ4v) is 3.00. The Morgan fingerprint density at radius 3 is 2.17 bits per heavy atom. The third-order valence-electron chi connectivity index (χ3n) is 4.75. The summed E-state index contributed by atoms with van der Waals surface area (Å²) < 4.78 is 0. The molecule has 1 unspecified atom stereocenters. The summed E-state index contributed by atoms with van der Waals surface area (Å²) in [5, 5.41) is 0. The largest absolute Gasteiger partial charge is 0.306 e. The third kappa shape index (κ3) is 7.78. The Hall–Kier alpha value is -1.15. The first kappa shape index (κ1) is 19.9. The van der Waals surface area contributed by atoms with Crippen molar-refractivity contribution in [3.8, 4) is 0 Å². The summed E-state index contributed by atoms with van der Waals surface area (Å²) in [4.78, 5) is 13.4. The van der Waals surface area contributed by atoms with Gasteiger partial charge < -0.3 is 9.69 Å². The second-order valence-corrected chi connectivity index (χ2v) is 7.18. The fraction of sp³-hybridized carbons (Fsp3) is 0.667. The molecule has 0 heterocycles. The summed E-state index contributed by atoms with van der Waals surface area (Å²) >= 11 is 0. The van der Waals surface area contributed by atoms with E-state index in [9.17, 15) is 4.79 Å². The second kappa shape index (κ2) is 10.6. The van der Waals surface area contributed by atoms with Gasteiger partial charge in [0, 0.05) is 6.42 Å². The number of unbranched alkanes of at least 4 members (excludes halogenated alkanes) is 1. The molecule has 0 aromatic heterocycles. The van der Waals surface area contributed by atoms with Gasteiger partial charge in [0.05, 0.1) is 0 Å². The van der Waals surface area contributed by atoms with Gasteiger partial charge in [-0.2, -0.15) is 0 Å². The van der Waals surface area contributed by atoms with E-state index in [1.165, 1.54) is 24.0 Å². The minimum absolute atomic E-state index is 0.309. The standard InChI is InChI=1S/C21H35NO/c1-6-19(21-12-10-20(11-13-21)17(2)3)14-16-22(5)15-8-7-9-18(4)23/h10-13,17,19H,6-9,14-16H2,1-5H3. The van der Waals surface area contributed by atoms with E-state index >= 15 is 0 Å². The number of ketones is 1. The van der Waals surface area contributed by atoms with Crippen molar-refractivity contribution in [2.45, 2.75) is 71.6 Å². The summed E-state index contributed by atoms with van der Waals surface area (Å²) in [6.07, 6.45) is 5.27. The summed E-state index contributed by atoms with van der Waals surface area (Å²) in [7, 11) is 2.20. The Kier molecular flexibility index (Phi) is 9.16. The molecule has 0 aliphatic heterocycles. The Morgan fingerprint density at radius 1 is 1.04 bits per heavy atom. The van der Waals surface area contributed by atoms with Crippen LogP contribution in [0.2, 0.25) is 0 Å². The highest BCUT2D eigenvalue weighted by Crippen LogP contribution is 2.25. The van der Waals surface area contributed by atoms with Crippen LogP contribution in [0.3, 0.4) is 0 Å². The number of hydrogen-bond donors (Lipinski definition) is 0. The van der Waals surface area contributed by atoms with Gasteiger partial charge >= 0.3 is 0 Å². The lowest BCUT2D eigenvalue weighted by Gasteiger charge is -2.21. The Morgan fingerprint density at radius 2 is 1.65 bits per heavy atom. The molecule has 0 fully saturated rings. The van der Waals surface area contributed by atoms with Crippen molar-refractivity contribution >= 4 is 5.78 Å². The van der Waals surface area contributed by atoms with Crippen LogP contribution < -0.4 is 0 Å². The molecule has 2 heteroatoms. The summed E-state index contributed by atoms with van der Waals surface area (Å²) in [5.74, 6) is 1.56. The highest BCUT2D eigenvalue weighted by Gasteiger charge is 2.11. The SMILES string of the molecule is CCC(CCN(C)CCCCC(C)=O)c1ccc(C(C)C)cc1. The third-order valence-corrected chi connectivity index (χ3v) is 4.75. The topological polar surface area (TPSA) is 20.3 Å². The molecule has 0 saturated carbocycles. The molecule has 23 heavy (non-hydrogen) atoms. The molecule has 0 aliphatic rings. The van der Waals surface area contributed by atoms with Crippen molar-refractivity contribution in [2.75, 3.05) is 20.1 Å². The predicted octanol–water partition coefficient (Wildman–Crippen LogP) is 5.38. The van der Waals surface area contributed by atoms with E-state index in [1.54, 1.807) is 6.92 Å². The molecule has 0 radical (unpaired) electrons. The smallest absolute Gasteiger partial charge is 0.129 e. The van der Waals surface area contributed by atoms with E-state index in [2.05, 4.69) is 57.0 Å². The lowest BCUT2D eigenvalue weighted by atomic mass is 9.91. The molecule has 0 amide bonds. The van der Waals surface area contributed by atoms with Gasteiger partial charge in [-0.15, -0.1) is 0 Å². The van der Waals surface area contributed by atoms with E-state index in [0.29, 0.717) is 17.6 Å². The number of Topliss-reactive ketones (excluding diaryl/α,β-unsaturated/α-hetero) is 1. The molecule has 0 aliphatic carbocycles. The quantitative estimate of drug-likeness (QED) is 0.510. The van der Waals surface area contributed by atoms with E-state index in [0.717, 1.165) is 32.4 Å². The Labute approximate surface area is 143 Å². The first-order valence-corrected chi connectivity index (χ1v) is 9.21. The molecule has 2 nitrogen and oxygen atoms in total. The zero-order valence-corrected chi connectivity index (χ0v) is 15.8. The molecular formula is C21H35NO. The monoisotopic (exact) mass is 317 g/mol. The molecule has 1 aromatic carbocycles. The molecule has 0 saturated heterocycles. The average Bonchev–Trinajstić information content (AvgIpc) is 2.52.